The molecule has 0 fully saturated rings. The normalized spacial score (nSPS) is 16.9. The van der Waals surface area contributed by atoms with Gasteiger partial charge < -0.3 is 10.2 Å². The molecule has 2 nitrogen and oxygen atoms in total. The third-order valence-electron chi connectivity index (χ3n) is 12.8. The number of hydrogen-bond acceptors (Lipinski definition) is 2. The molecule has 50 heavy (non-hydrogen) atoms. The van der Waals surface area contributed by atoms with Crippen molar-refractivity contribution in [3.63, 3.8) is 0 Å². The largest absolute Gasteiger partial charge is 0.507 e. The van der Waals surface area contributed by atoms with Gasteiger partial charge in [-0.1, -0.05) is 60.7 Å². The molecular formula is C48H46O2. The zero-order valence-electron chi connectivity index (χ0n) is 29.1. The van der Waals surface area contributed by atoms with Crippen LogP contribution in [0.2, 0.25) is 0 Å². The number of rotatable bonds is 3. The van der Waals surface area contributed by atoms with Gasteiger partial charge in [-0.25, -0.2) is 0 Å². The van der Waals surface area contributed by atoms with E-state index in [1.165, 1.54) is 107 Å². The monoisotopic (exact) mass is 654 g/mol. The lowest BCUT2D eigenvalue weighted by atomic mass is 9.75. The Hall–Kier alpha value is -4.56. The maximum atomic E-state index is 12.9. The molecule has 0 aromatic heterocycles. The molecule has 250 valence electrons. The van der Waals surface area contributed by atoms with Gasteiger partial charge in [0, 0.05) is 22.3 Å². The molecule has 2 heteroatoms. The van der Waals surface area contributed by atoms with Crippen LogP contribution in [-0.4, -0.2) is 10.2 Å². The minimum absolute atomic E-state index is 0.310. The lowest BCUT2D eigenvalue weighted by molar-refractivity contribution is 0.472. The van der Waals surface area contributed by atoms with E-state index in [0.29, 0.717) is 11.5 Å². The lowest BCUT2D eigenvalue weighted by Crippen LogP contribution is -2.13. The molecule has 0 spiro atoms. The molecule has 6 aromatic carbocycles. The molecular weight excluding hydrogens is 609 g/mol. The van der Waals surface area contributed by atoms with Gasteiger partial charge in [-0.05, 0) is 192 Å². The minimum atomic E-state index is 0.310. The highest BCUT2D eigenvalue weighted by Crippen LogP contribution is 2.54. The van der Waals surface area contributed by atoms with Gasteiger partial charge in [-0.15, -0.1) is 0 Å². The molecule has 4 aliphatic rings. The van der Waals surface area contributed by atoms with Crippen molar-refractivity contribution in [3.8, 4) is 44.9 Å². The van der Waals surface area contributed by atoms with Gasteiger partial charge in [0.1, 0.15) is 11.5 Å². The number of phenols is 2. The first-order chi connectivity index (χ1) is 24.7. The highest BCUT2D eigenvalue weighted by Gasteiger charge is 2.30. The van der Waals surface area contributed by atoms with Gasteiger partial charge in [0.2, 0.25) is 0 Å². The van der Waals surface area contributed by atoms with E-state index >= 15 is 0 Å². The zero-order chi connectivity index (χ0) is 33.3. The summed E-state index contributed by atoms with van der Waals surface area (Å²) in [6.07, 6.45) is 18.5. The van der Waals surface area contributed by atoms with Crippen LogP contribution in [0.25, 0.3) is 54.9 Å². The minimum Gasteiger partial charge on any atom is -0.507 e. The molecule has 0 saturated heterocycles. The van der Waals surface area contributed by atoms with Crippen LogP contribution in [0.3, 0.4) is 0 Å². The third kappa shape index (κ3) is 4.67. The smallest absolute Gasteiger partial charge is 0.132 e. The molecule has 2 N–H and O–H groups in total. The molecule has 6 aromatic rings. The Bertz CT molecular complexity index is 2120. The summed E-state index contributed by atoms with van der Waals surface area (Å²) >= 11 is 0. The fourth-order valence-electron chi connectivity index (χ4n) is 10.5. The van der Waals surface area contributed by atoms with Crippen molar-refractivity contribution < 1.29 is 10.2 Å². The van der Waals surface area contributed by atoms with Gasteiger partial charge >= 0.3 is 0 Å². The summed E-state index contributed by atoms with van der Waals surface area (Å²) in [7, 11) is 0. The number of benzene rings is 6. The van der Waals surface area contributed by atoms with Crippen LogP contribution < -0.4 is 0 Å². The van der Waals surface area contributed by atoms with Crippen LogP contribution in [0.5, 0.6) is 11.5 Å². The van der Waals surface area contributed by atoms with Gasteiger partial charge in [0.25, 0.3) is 0 Å². The third-order valence-corrected chi connectivity index (χ3v) is 12.8. The van der Waals surface area contributed by atoms with E-state index in [4.69, 9.17) is 0 Å². The van der Waals surface area contributed by atoms with Crippen LogP contribution in [0.15, 0.2) is 72.8 Å². The number of hydrogen-bond donors (Lipinski definition) is 2. The van der Waals surface area contributed by atoms with Crippen molar-refractivity contribution in [2.24, 2.45) is 0 Å². The summed E-state index contributed by atoms with van der Waals surface area (Å²) in [4.78, 5) is 0. The maximum Gasteiger partial charge on any atom is 0.132 e. The predicted octanol–water partition coefficient (Wildman–Crippen LogP) is 11.9. The Kier molecular flexibility index (Phi) is 7.29. The molecule has 0 heterocycles. The van der Waals surface area contributed by atoms with Gasteiger partial charge in [-0.2, -0.15) is 0 Å². The number of aromatic hydroxyl groups is 2. The average molecular weight is 655 g/mol. The molecule has 0 atom stereocenters. The molecule has 10 rings (SSSR count). The van der Waals surface area contributed by atoms with Crippen molar-refractivity contribution >= 4 is 21.5 Å². The van der Waals surface area contributed by atoms with Gasteiger partial charge in [0.15, 0.2) is 0 Å². The second-order valence-corrected chi connectivity index (χ2v) is 15.6. The first-order valence-electron chi connectivity index (χ1n) is 19.5. The molecule has 4 aliphatic carbocycles. The summed E-state index contributed by atoms with van der Waals surface area (Å²) in [5, 5.41) is 30.0. The van der Waals surface area contributed by atoms with Gasteiger partial charge in [-0.3, -0.25) is 0 Å². The van der Waals surface area contributed by atoms with E-state index in [1.807, 2.05) is 0 Å². The quantitative estimate of drug-likeness (QED) is 0.199. The van der Waals surface area contributed by atoms with E-state index in [-0.39, 0.29) is 0 Å². The molecule has 0 unspecified atom stereocenters. The van der Waals surface area contributed by atoms with E-state index in [0.717, 1.165) is 95.2 Å². The highest BCUT2D eigenvalue weighted by molar-refractivity contribution is 6.14. The van der Waals surface area contributed by atoms with Crippen LogP contribution in [0.4, 0.5) is 0 Å². The Morgan fingerprint density at radius 2 is 0.660 bits per heavy atom. The van der Waals surface area contributed by atoms with Crippen LogP contribution in [0.1, 0.15) is 95.9 Å². The predicted molar refractivity (Wildman–Crippen MR) is 208 cm³/mol. The standard InChI is InChI=1S/C48H46O2/c49-47-41(43-35-19-7-1-13-29(35)25-30-14-2-8-20-36(30)43)27-33-17-5-11-23-39(33)45(47)46-40-24-12-6-18-34(40)28-42(48(46)50)44-37-21-9-3-15-31(37)26-32-16-4-10-22-38(32)44/h5-6,11-12,17-18,23-28,49-50H,1-4,7-10,13-16,19-22H2. The van der Waals surface area contributed by atoms with Crippen molar-refractivity contribution in [1.82, 2.24) is 0 Å². The SMILES string of the molecule is Oc1c(-c2c3c(cc4c2CCCC4)CCCC3)cc2ccccc2c1-c1c(O)c(-c2c3c(cc4c2CCCC4)CCCC3)cc2ccccc12. The molecule has 0 amide bonds. The average Bonchev–Trinajstić information content (AvgIpc) is 3.16. The highest BCUT2D eigenvalue weighted by atomic mass is 16.3. The lowest BCUT2D eigenvalue weighted by Gasteiger charge is -2.30. The molecule has 0 radical (unpaired) electrons. The topological polar surface area (TPSA) is 40.5 Å². The molecule has 0 aliphatic heterocycles. The van der Waals surface area contributed by atoms with Crippen LogP contribution in [-0.2, 0) is 51.4 Å². The second-order valence-electron chi connectivity index (χ2n) is 15.6. The first kappa shape index (κ1) is 30.3. The molecule has 0 bridgehead atoms. The Balaban J connectivity index is 1.32. The number of phenolic OH excluding ortho intramolecular Hbond substituents is 2. The first-order valence-corrected chi connectivity index (χ1v) is 19.5. The zero-order valence-corrected chi connectivity index (χ0v) is 29.1. The number of fused-ring (bicyclic) bond motifs is 6. The van der Waals surface area contributed by atoms with E-state index in [2.05, 4.69) is 72.8 Å². The van der Waals surface area contributed by atoms with Crippen LogP contribution in [0, 0.1) is 0 Å². The van der Waals surface area contributed by atoms with Crippen molar-refractivity contribution in [2.75, 3.05) is 0 Å². The summed E-state index contributed by atoms with van der Waals surface area (Å²) in [6, 6.07) is 26.5. The Morgan fingerprint density at radius 1 is 0.340 bits per heavy atom. The van der Waals surface area contributed by atoms with E-state index in [1.54, 1.807) is 0 Å². The van der Waals surface area contributed by atoms with Gasteiger partial charge in [0.05, 0.1) is 0 Å². The summed E-state index contributed by atoms with van der Waals surface area (Å²) < 4.78 is 0. The summed E-state index contributed by atoms with van der Waals surface area (Å²) in [6.45, 7) is 0. The number of aryl methyl sites for hydroxylation is 4. The maximum absolute atomic E-state index is 12.9. The fourth-order valence-corrected chi connectivity index (χ4v) is 10.5. The van der Waals surface area contributed by atoms with Crippen molar-refractivity contribution in [3.05, 3.63) is 117 Å². The summed E-state index contributed by atoms with van der Waals surface area (Å²) in [5.41, 5.74) is 17.7. The van der Waals surface area contributed by atoms with Crippen LogP contribution >= 0.6 is 0 Å². The van der Waals surface area contributed by atoms with E-state index in [9.17, 15) is 10.2 Å². The molecule has 0 saturated carbocycles. The van der Waals surface area contributed by atoms with Crippen molar-refractivity contribution in [1.29, 1.82) is 0 Å². The van der Waals surface area contributed by atoms with Crippen molar-refractivity contribution in [2.45, 2.75) is 103 Å². The fraction of sp³-hybridized carbons (Fsp3) is 0.333. The summed E-state index contributed by atoms with van der Waals surface area (Å²) in [5.74, 6) is 0.621. The Labute approximate surface area is 295 Å². The van der Waals surface area contributed by atoms with E-state index < -0.39 is 0 Å². The Morgan fingerprint density at radius 3 is 1.02 bits per heavy atom. The second kappa shape index (κ2) is 12.0.